The Kier molecular flexibility index (Phi) is 7.69. The second kappa shape index (κ2) is 11.5. The molecule has 0 bridgehead atoms. The highest BCUT2D eigenvalue weighted by Crippen LogP contribution is 2.35. The number of nitrogens with two attached hydrogens (primary N) is 1. The number of nitrogen functional groups attached to an aromatic ring is 1. The molecule has 5 aromatic rings. The van der Waals surface area contributed by atoms with Gasteiger partial charge in [-0.15, -0.1) is 0 Å². The predicted molar refractivity (Wildman–Crippen MR) is 153 cm³/mol. The normalized spacial score (nSPS) is 11.2. The highest BCUT2D eigenvalue weighted by Gasteiger charge is 2.32. The Labute approximate surface area is 238 Å². The van der Waals surface area contributed by atoms with Gasteiger partial charge in [0.25, 0.3) is 0 Å². The van der Waals surface area contributed by atoms with Crippen LogP contribution in [0, 0.1) is 13.8 Å². The van der Waals surface area contributed by atoms with Gasteiger partial charge in [-0.25, -0.2) is 19.7 Å². The number of aryl methyl sites for hydroxylation is 2. The first kappa shape index (κ1) is 28.0. The van der Waals surface area contributed by atoms with Gasteiger partial charge in [-0.3, -0.25) is 4.98 Å². The van der Waals surface area contributed by atoms with Gasteiger partial charge >= 0.3 is 18.2 Å². The van der Waals surface area contributed by atoms with E-state index in [-0.39, 0.29) is 23.1 Å². The fourth-order valence-corrected chi connectivity index (χ4v) is 4.02. The largest absolute Gasteiger partial charge is 0.424 e. The smallest absolute Gasteiger partial charge is 0.417 e. The zero-order valence-corrected chi connectivity index (χ0v) is 22.4. The van der Waals surface area contributed by atoms with Crippen molar-refractivity contribution in [2.45, 2.75) is 20.0 Å². The third-order valence-corrected chi connectivity index (χ3v) is 6.34. The van der Waals surface area contributed by atoms with Crippen molar-refractivity contribution >= 4 is 23.2 Å². The number of benzene rings is 2. The molecular formula is C30H24F3N7O2. The Bertz CT molecular complexity index is 1740. The molecule has 0 aliphatic heterocycles. The van der Waals surface area contributed by atoms with Gasteiger partial charge in [0.2, 0.25) is 0 Å². The minimum Gasteiger partial charge on any atom is -0.424 e. The monoisotopic (exact) mass is 571 g/mol. The summed E-state index contributed by atoms with van der Waals surface area (Å²) in [4.78, 5) is 29.0. The van der Waals surface area contributed by atoms with E-state index >= 15 is 0 Å². The number of carbonyl (C=O) groups excluding carboxylic acids is 1. The molecule has 0 spiro atoms. The van der Waals surface area contributed by atoms with Crippen LogP contribution < -0.4 is 21.1 Å². The number of hydrogen-bond acceptors (Lipinski definition) is 7. The molecule has 12 heteroatoms. The number of pyridine rings is 2. The molecule has 9 nitrogen and oxygen atoms in total. The number of alkyl halides is 3. The van der Waals surface area contributed by atoms with E-state index in [4.69, 9.17) is 10.5 Å². The van der Waals surface area contributed by atoms with Gasteiger partial charge in [0, 0.05) is 23.5 Å². The van der Waals surface area contributed by atoms with Crippen LogP contribution in [0.3, 0.4) is 0 Å². The molecule has 0 saturated heterocycles. The predicted octanol–water partition coefficient (Wildman–Crippen LogP) is 7.25. The second-order valence-electron chi connectivity index (χ2n) is 9.31. The number of hydrogen-bond donors (Lipinski definition) is 3. The van der Waals surface area contributed by atoms with Crippen LogP contribution in [0.5, 0.6) is 11.8 Å². The van der Waals surface area contributed by atoms with Crippen LogP contribution in [-0.4, -0.2) is 26.0 Å². The van der Waals surface area contributed by atoms with E-state index in [9.17, 15) is 18.0 Å². The van der Waals surface area contributed by atoms with Crippen LogP contribution in [0.4, 0.5) is 35.2 Å². The number of anilines is 3. The van der Waals surface area contributed by atoms with Crippen LogP contribution >= 0.6 is 0 Å². The molecule has 2 aromatic carbocycles. The molecule has 3 heterocycles. The van der Waals surface area contributed by atoms with E-state index in [1.165, 1.54) is 12.4 Å². The Balaban J connectivity index is 1.28. The van der Waals surface area contributed by atoms with Crippen molar-refractivity contribution in [1.29, 1.82) is 0 Å². The van der Waals surface area contributed by atoms with E-state index in [1.54, 1.807) is 36.5 Å². The minimum absolute atomic E-state index is 0.0219. The topological polar surface area (TPSA) is 128 Å². The van der Waals surface area contributed by atoms with E-state index in [0.29, 0.717) is 17.1 Å². The molecule has 42 heavy (non-hydrogen) atoms. The van der Waals surface area contributed by atoms with Crippen molar-refractivity contribution < 1.29 is 22.7 Å². The molecule has 0 radical (unpaired) electrons. The molecule has 3 aromatic heterocycles. The zero-order valence-electron chi connectivity index (χ0n) is 22.4. The fourth-order valence-electron chi connectivity index (χ4n) is 4.02. The molecule has 0 saturated carbocycles. The summed E-state index contributed by atoms with van der Waals surface area (Å²) in [5, 5.41) is 4.98. The standard InChI is InChI=1S/C30H24F3N7O2/c1-17-5-6-20(12-18(17)2)26-25(13-21(14-36-26)30(31,32)33)40-28(41)39-22-15-37-29(38-16-22)42-23-9-7-19(8-10-23)24-4-3-11-35-27(24)34/h3-16H,1-2H3,(H2,34,35)(H2,39,40,41). The average Bonchev–Trinajstić information content (AvgIpc) is 2.96. The summed E-state index contributed by atoms with van der Waals surface area (Å²) in [6, 6.07) is 16.2. The summed E-state index contributed by atoms with van der Waals surface area (Å²) in [6.07, 6.45) is 0.323. The van der Waals surface area contributed by atoms with Gasteiger partial charge in [0.05, 0.1) is 35.0 Å². The first-order chi connectivity index (χ1) is 20.1. The van der Waals surface area contributed by atoms with Crippen LogP contribution in [0.15, 0.2) is 85.5 Å². The lowest BCUT2D eigenvalue weighted by Crippen LogP contribution is -2.21. The number of nitrogens with one attached hydrogen (secondary N) is 2. The van der Waals surface area contributed by atoms with Crippen molar-refractivity contribution in [3.8, 4) is 34.1 Å². The maximum atomic E-state index is 13.4. The number of halogens is 3. The maximum absolute atomic E-state index is 13.4. The third-order valence-electron chi connectivity index (χ3n) is 6.34. The summed E-state index contributed by atoms with van der Waals surface area (Å²) >= 11 is 0. The molecule has 0 aliphatic carbocycles. The average molecular weight is 572 g/mol. The molecule has 4 N–H and O–H groups in total. The van der Waals surface area contributed by atoms with Gasteiger partial charge in [-0.1, -0.05) is 24.3 Å². The molecule has 5 rings (SSSR count). The van der Waals surface area contributed by atoms with Gasteiger partial charge in [-0.2, -0.15) is 13.2 Å². The van der Waals surface area contributed by atoms with Crippen LogP contribution in [0.1, 0.15) is 16.7 Å². The minimum atomic E-state index is -4.64. The summed E-state index contributed by atoms with van der Waals surface area (Å²) in [6.45, 7) is 3.80. The summed E-state index contributed by atoms with van der Waals surface area (Å²) in [7, 11) is 0. The molecular weight excluding hydrogens is 547 g/mol. The highest BCUT2D eigenvalue weighted by atomic mass is 19.4. The van der Waals surface area contributed by atoms with Crippen LogP contribution in [0.2, 0.25) is 0 Å². The number of carbonyl (C=O) groups is 1. The van der Waals surface area contributed by atoms with Gasteiger partial charge < -0.3 is 21.1 Å². The molecule has 2 amide bonds. The van der Waals surface area contributed by atoms with Gasteiger partial charge in [0.15, 0.2) is 0 Å². The lowest BCUT2D eigenvalue weighted by Gasteiger charge is -2.15. The van der Waals surface area contributed by atoms with Crippen LogP contribution in [0.25, 0.3) is 22.4 Å². The lowest BCUT2D eigenvalue weighted by atomic mass is 10.0. The summed E-state index contributed by atoms with van der Waals surface area (Å²) in [5.74, 6) is 0.878. The fraction of sp³-hybridized carbons (Fsp3) is 0.100. The van der Waals surface area contributed by atoms with E-state index in [0.717, 1.165) is 34.5 Å². The molecule has 212 valence electrons. The van der Waals surface area contributed by atoms with Crippen molar-refractivity contribution in [1.82, 2.24) is 19.9 Å². The van der Waals surface area contributed by atoms with Gasteiger partial charge in [0.1, 0.15) is 11.6 Å². The molecule has 0 atom stereocenters. The van der Waals surface area contributed by atoms with Crippen molar-refractivity contribution in [3.63, 3.8) is 0 Å². The number of nitrogens with zero attached hydrogens (tertiary/aromatic N) is 4. The van der Waals surface area contributed by atoms with Crippen LogP contribution in [-0.2, 0) is 6.18 Å². The highest BCUT2D eigenvalue weighted by molar-refractivity contribution is 6.01. The number of ether oxygens (including phenoxy) is 1. The Morgan fingerprint density at radius 1 is 0.833 bits per heavy atom. The first-order valence-electron chi connectivity index (χ1n) is 12.6. The van der Waals surface area contributed by atoms with E-state index < -0.39 is 17.8 Å². The third kappa shape index (κ3) is 6.44. The number of urea groups is 1. The Hall–Kier alpha value is -5.52. The van der Waals surface area contributed by atoms with E-state index in [2.05, 4.69) is 30.6 Å². The maximum Gasteiger partial charge on any atom is 0.417 e. The summed E-state index contributed by atoms with van der Waals surface area (Å²) in [5.41, 5.74) is 9.35. The van der Waals surface area contributed by atoms with Crippen molar-refractivity contribution in [3.05, 3.63) is 102 Å². The Morgan fingerprint density at radius 2 is 1.55 bits per heavy atom. The van der Waals surface area contributed by atoms with Crippen molar-refractivity contribution in [2.24, 2.45) is 0 Å². The first-order valence-corrected chi connectivity index (χ1v) is 12.6. The SMILES string of the molecule is Cc1ccc(-c2ncc(C(F)(F)F)cc2NC(=O)Nc2cnc(Oc3ccc(-c4cccnc4N)cc3)nc2)cc1C. The number of aromatic nitrogens is 4. The molecule has 0 fully saturated rings. The number of amides is 2. The van der Waals surface area contributed by atoms with Crippen molar-refractivity contribution in [2.75, 3.05) is 16.4 Å². The van der Waals surface area contributed by atoms with Gasteiger partial charge in [-0.05, 0) is 66.9 Å². The Morgan fingerprint density at radius 3 is 2.21 bits per heavy atom. The zero-order chi connectivity index (χ0) is 29.9. The number of rotatable bonds is 6. The second-order valence-corrected chi connectivity index (χ2v) is 9.31. The quantitative estimate of drug-likeness (QED) is 0.196. The molecule has 0 unspecified atom stereocenters. The molecule has 0 aliphatic rings. The summed E-state index contributed by atoms with van der Waals surface area (Å²) < 4.78 is 45.9. The lowest BCUT2D eigenvalue weighted by molar-refractivity contribution is -0.137. The van der Waals surface area contributed by atoms with E-state index in [1.807, 2.05) is 38.1 Å².